The van der Waals surface area contributed by atoms with Gasteiger partial charge in [-0.15, -0.1) is 11.8 Å². The Morgan fingerprint density at radius 2 is 2.12 bits per heavy atom. The van der Waals surface area contributed by atoms with Crippen molar-refractivity contribution in [2.75, 3.05) is 27.1 Å². The van der Waals surface area contributed by atoms with Gasteiger partial charge in [0.1, 0.15) is 22.3 Å². The Balaban J connectivity index is 1.90. The van der Waals surface area contributed by atoms with Crippen LogP contribution in [0, 0.1) is 0 Å². The second-order valence-corrected chi connectivity index (χ2v) is 6.86. The molecule has 1 aromatic carbocycles. The van der Waals surface area contributed by atoms with Crippen LogP contribution in [0.5, 0.6) is 5.75 Å². The normalized spacial score (nSPS) is 20.6. The number of thioether (sulfide) groups is 1. The third kappa shape index (κ3) is 3.18. The van der Waals surface area contributed by atoms with Crippen LogP contribution in [0.25, 0.3) is 0 Å². The van der Waals surface area contributed by atoms with Crippen molar-refractivity contribution >= 4 is 35.1 Å². The highest BCUT2D eigenvalue weighted by atomic mass is 35.5. The highest BCUT2D eigenvalue weighted by molar-refractivity contribution is 7.99. The number of aliphatic imine (C=N–C) groups is 1. The van der Waals surface area contributed by atoms with E-state index in [0.717, 1.165) is 11.3 Å². The molecule has 128 valence electrons. The van der Waals surface area contributed by atoms with Crippen LogP contribution < -0.4 is 10.1 Å². The number of carbonyl (C=O) groups excluding carboxylic acids is 1. The fraction of sp³-hybridized carbons (Fsp3) is 0.375. The monoisotopic (exact) mass is 366 g/mol. The molecular formula is C16H19ClN4O2S. The lowest BCUT2D eigenvalue weighted by atomic mass is 10.1. The van der Waals surface area contributed by atoms with E-state index in [1.165, 1.54) is 11.8 Å². The second kappa shape index (κ2) is 6.94. The number of benzene rings is 1. The van der Waals surface area contributed by atoms with Gasteiger partial charge in [0.05, 0.1) is 13.8 Å². The molecule has 2 aliphatic heterocycles. The number of carbonyl (C=O) groups is 1. The Bertz CT molecular complexity index is 705. The molecule has 1 unspecified atom stereocenters. The van der Waals surface area contributed by atoms with Gasteiger partial charge in [-0.3, -0.25) is 4.79 Å². The van der Waals surface area contributed by atoms with Crippen molar-refractivity contribution in [1.82, 2.24) is 15.1 Å². The first-order valence-electron chi connectivity index (χ1n) is 7.44. The Hall–Kier alpha value is -1.86. The van der Waals surface area contributed by atoms with Crippen molar-refractivity contribution < 1.29 is 9.53 Å². The fourth-order valence-corrected chi connectivity index (χ4v) is 3.46. The molecule has 1 aromatic rings. The molecule has 1 saturated heterocycles. The van der Waals surface area contributed by atoms with Gasteiger partial charge in [0.15, 0.2) is 5.50 Å². The van der Waals surface area contributed by atoms with Gasteiger partial charge in [-0.1, -0.05) is 23.7 Å². The topological polar surface area (TPSA) is 57.2 Å². The number of amides is 1. The van der Waals surface area contributed by atoms with E-state index < -0.39 is 0 Å². The molecule has 0 saturated carbocycles. The van der Waals surface area contributed by atoms with Crippen molar-refractivity contribution in [2.45, 2.75) is 12.0 Å². The number of halogens is 1. The predicted octanol–water partition coefficient (Wildman–Crippen LogP) is 2.03. The van der Waals surface area contributed by atoms with E-state index in [1.807, 2.05) is 30.5 Å². The quantitative estimate of drug-likeness (QED) is 0.826. The van der Waals surface area contributed by atoms with E-state index >= 15 is 0 Å². The van der Waals surface area contributed by atoms with Gasteiger partial charge < -0.3 is 19.9 Å². The number of fused-ring (bicyclic) bond motifs is 1. The molecular weight excluding hydrogens is 348 g/mol. The number of ether oxygens (including phenoxy) is 1. The Morgan fingerprint density at radius 3 is 2.75 bits per heavy atom. The van der Waals surface area contributed by atoms with E-state index in [0.29, 0.717) is 29.8 Å². The van der Waals surface area contributed by atoms with Crippen LogP contribution in [0.3, 0.4) is 0 Å². The summed E-state index contributed by atoms with van der Waals surface area (Å²) in [5.41, 5.74) is 1.35. The summed E-state index contributed by atoms with van der Waals surface area (Å²) in [5.74, 6) is 1.35. The Labute approximate surface area is 150 Å². The van der Waals surface area contributed by atoms with E-state index in [-0.39, 0.29) is 11.4 Å². The molecule has 0 aromatic heterocycles. The van der Waals surface area contributed by atoms with Crippen LogP contribution in [0.4, 0.5) is 0 Å². The van der Waals surface area contributed by atoms with Crippen LogP contribution in [0.2, 0.25) is 0 Å². The molecule has 1 amide bonds. The lowest BCUT2D eigenvalue weighted by molar-refractivity contribution is -0.128. The summed E-state index contributed by atoms with van der Waals surface area (Å²) < 4.78 is 5.19. The van der Waals surface area contributed by atoms with E-state index in [4.69, 9.17) is 16.3 Å². The molecule has 1 atom stereocenters. The first-order chi connectivity index (χ1) is 11.5. The van der Waals surface area contributed by atoms with Gasteiger partial charge >= 0.3 is 0 Å². The second-order valence-electron chi connectivity index (χ2n) is 5.56. The minimum absolute atomic E-state index is 0.114. The van der Waals surface area contributed by atoms with Crippen LogP contribution in [-0.4, -0.2) is 54.1 Å². The maximum Gasteiger partial charge on any atom is 0.261 e. The third-order valence-corrected chi connectivity index (χ3v) is 4.90. The zero-order chi connectivity index (χ0) is 17.3. The van der Waals surface area contributed by atoms with Gasteiger partial charge in [0.2, 0.25) is 0 Å². The van der Waals surface area contributed by atoms with Crippen LogP contribution in [0.15, 0.2) is 40.0 Å². The number of hydrogen-bond donors (Lipinski definition) is 1. The van der Waals surface area contributed by atoms with Crippen molar-refractivity contribution in [3.8, 4) is 5.75 Å². The first kappa shape index (κ1) is 17.0. The molecule has 6 nitrogen and oxygen atoms in total. The maximum atomic E-state index is 12.5. The molecule has 1 fully saturated rings. The zero-order valence-electron chi connectivity index (χ0n) is 13.7. The first-order valence-corrected chi connectivity index (χ1v) is 9.10. The summed E-state index contributed by atoms with van der Waals surface area (Å²) in [6, 6.07) is 7.86. The summed E-state index contributed by atoms with van der Waals surface area (Å²) in [4.78, 5) is 20.8. The van der Waals surface area contributed by atoms with Gasteiger partial charge in [-0.2, -0.15) is 0 Å². The average Bonchev–Trinajstić information content (AvgIpc) is 2.59. The van der Waals surface area contributed by atoms with Gasteiger partial charge in [-0.05, 0) is 24.0 Å². The van der Waals surface area contributed by atoms with Gasteiger partial charge in [0, 0.05) is 13.6 Å². The molecule has 0 spiro atoms. The van der Waals surface area contributed by atoms with E-state index in [9.17, 15) is 4.79 Å². The van der Waals surface area contributed by atoms with Gasteiger partial charge in [0.25, 0.3) is 5.91 Å². The fourth-order valence-electron chi connectivity index (χ4n) is 2.68. The largest absolute Gasteiger partial charge is 0.497 e. The number of nitrogens with zero attached hydrogens (tertiary/aromatic N) is 3. The van der Waals surface area contributed by atoms with Crippen LogP contribution in [-0.2, 0) is 11.3 Å². The van der Waals surface area contributed by atoms with E-state index in [1.54, 1.807) is 19.1 Å². The van der Waals surface area contributed by atoms with Crippen LogP contribution >= 0.6 is 23.4 Å². The number of likely N-dealkylation sites (N-methyl/N-ethyl adjacent to an activating group) is 1. The third-order valence-electron chi connectivity index (χ3n) is 3.93. The highest BCUT2D eigenvalue weighted by Crippen LogP contribution is 2.27. The summed E-state index contributed by atoms with van der Waals surface area (Å²) >= 11 is 7.85. The maximum absolute atomic E-state index is 12.5. The van der Waals surface area contributed by atoms with Crippen molar-refractivity contribution in [3.05, 3.63) is 40.6 Å². The summed E-state index contributed by atoms with van der Waals surface area (Å²) in [6.07, 6.45) is 1.95. The SMILES string of the molecule is COc1ccc(CN2CN(C)C(=O)C3=C(Cl)NC(SC)N=C32)cc1. The lowest BCUT2D eigenvalue weighted by Gasteiger charge is -2.39. The molecule has 2 heterocycles. The van der Waals surface area contributed by atoms with Crippen molar-refractivity contribution in [2.24, 2.45) is 4.99 Å². The standard InChI is InChI=1S/C16H19ClN4O2S/c1-20-9-21(8-10-4-6-11(23-2)7-5-10)14-12(15(20)22)13(17)18-16(19-14)24-3/h4-7,16,18H,8-9H2,1-3H3. The summed E-state index contributed by atoms with van der Waals surface area (Å²) in [6.45, 7) is 1.10. The Morgan fingerprint density at radius 1 is 1.42 bits per heavy atom. The predicted molar refractivity (Wildman–Crippen MR) is 96.9 cm³/mol. The molecule has 1 N–H and O–H groups in total. The number of methoxy groups -OCH3 is 1. The molecule has 0 bridgehead atoms. The molecule has 0 radical (unpaired) electrons. The molecule has 24 heavy (non-hydrogen) atoms. The van der Waals surface area contributed by atoms with Crippen molar-refractivity contribution in [1.29, 1.82) is 0 Å². The van der Waals surface area contributed by atoms with E-state index in [2.05, 4.69) is 15.2 Å². The average molecular weight is 367 g/mol. The number of amidine groups is 1. The smallest absolute Gasteiger partial charge is 0.261 e. The highest BCUT2D eigenvalue weighted by Gasteiger charge is 2.37. The number of hydrogen-bond acceptors (Lipinski definition) is 6. The Kier molecular flexibility index (Phi) is 4.91. The zero-order valence-corrected chi connectivity index (χ0v) is 15.3. The molecule has 3 rings (SSSR count). The number of rotatable bonds is 4. The number of nitrogens with one attached hydrogen (secondary N) is 1. The molecule has 0 aliphatic carbocycles. The molecule has 2 aliphatic rings. The minimum atomic E-state index is -0.189. The van der Waals surface area contributed by atoms with Crippen LogP contribution in [0.1, 0.15) is 5.56 Å². The summed E-state index contributed by atoms with van der Waals surface area (Å²) in [7, 11) is 3.41. The summed E-state index contributed by atoms with van der Waals surface area (Å²) in [5, 5.41) is 3.40. The molecule has 8 heteroatoms. The lowest BCUT2D eigenvalue weighted by Crippen LogP contribution is -2.53. The minimum Gasteiger partial charge on any atom is -0.497 e. The van der Waals surface area contributed by atoms with Crippen molar-refractivity contribution in [3.63, 3.8) is 0 Å². The van der Waals surface area contributed by atoms with Gasteiger partial charge in [-0.25, -0.2) is 4.99 Å².